The number of pyridine rings is 2. The van der Waals surface area contributed by atoms with Crippen molar-refractivity contribution in [2.45, 2.75) is 25.8 Å². The molecule has 0 unspecified atom stereocenters. The zero-order valence-corrected chi connectivity index (χ0v) is 28.0. The average molecular weight is 621 g/mol. The van der Waals surface area contributed by atoms with Gasteiger partial charge in [-0.2, -0.15) is 0 Å². The minimum atomic E-state index is -2.98. The van der Waals surface area contributed by atoms with Gasteiger partial charge in [-0.3, -0.25) is 9.97 Å². The highest BCUT2D eigenvalue weighted by molar-refractivity contribution is 7.23. The molecule has 8 rings (SSSR count). The SMILES string of the molecule is CC(C)(C)[Si]1(c2ccccc2)C(c2cc3ccccc3cn2)=C(c2ccccc2)C(c2ccccc2)=C1c1cc2ccccc2cn1. The summed E-state index contributed by atoms with van der Waals surface area (Å²) >= 11 is 0. The first-order chi connectivity index (χ1) is 23.0. The van der Waals surface area contributed by atoms with E-state index in [0.29, 0.717) is 0 Å². The number of hydrogen-bond donors (Lipinski definition) is 0. The van der Waals surface area contributed by atoms with Gasteiger partial charge in [0, 0.05) is 23.2 Å². The van der Waals surface area contributed by atoms with Crippen LogP contribution in [0.5, 0.6) is 0 Å². The van der Waals surface area contributed by atoms with E-state index in [0.717, 1.165) is 22.2 Å². The number of allylic oxidation sites excluding steroid dienone is 2. The van der Waals surface area contributed by atoms with Crippen molar-refractivity contribution in [3.63, 3.8) is 0 Å². The molecule has 2 aromatic heterocycles. The van der Waals surface area contributed by atoms with Crippen molar-refractivity contribution in [1.82, 2.24) is 9.97 Å². The first kappa shape index (κ1) is 29.0. The molecular weight excluding hydrogens is 585 g/mol. The number of fused-ring (bicyclic) bond motifs is 2. The Hall–Kier alpha value is -5.38. The van der Waals surface area contributed by atoms with Gasteiger partial charge < -0.3 is 0 Å². The van der Waals surface area contributed by atoms with E-state index in [1.165, 1.54) is 48.6 Å². The summed E-state index contributed by atoms with van der Waals surface area (Å²) in [6.07, 6.45) is 4.11. The van der Waals surface area contributed by atoms with E-state index in [2.05, 4.69) is 185 Å². The molecular formula is C44H36N2Si. The third-order valence-corrected chi connectivity index (χ3v) is 15.7. The smallest absolute Gasteiger partial charge is 0.160 e. The third kappa shape index (κ3) is 4.69. The Morgan fingerprint density at radius 1 is 0.426 bits per heavy atom. The van der Waals surface area contributed by atoms with Crippen molar-refractivity contribution in [3.05, 3.63) is 187 Å². The van der Waals surface area contributed by atoms with Crippen molar-refractivity contribution in [2.75, 3.05) is 0 Å². The van der Waals surface area contributed by atoms with Crippen LogP contribution < -0.4 is 5.19 Å². The van der Waals surface area contributed by atoms with E-state index < -0.39 is 8.07 Å². The number of rotatable bonds is 5. The Morgan fingerprint density at radius 3 is 1.19 bits per heavy atom. The first-order valence-electron chi connectivity index (χ1n) is 16.3. The molecule has 0 spiro atoms. The average Bonchev–Trinajstić information content (AvgIpc) is 3.46. The highest BCUT2D eigenvalue weighted by atomic mass is 28.3. The van der Waals surface area contributed by atoms with Crippen molar-refractivity contribution < 1.29 is 0 Å². The standard InChI is InChI=1S/C44H36N2Si/c1-44(2,3)47(37-25-11-6-12-26-37)42(38-27-33-21-13-15-23-35(33)29-45-38)40(31-17-7-4-8-18-31)41(32-19-9-5-10-20-32)43(47)39-28-34-22-14-16-24-36(34)30-46-39/h4-30H,1-3H3. The summed E-state index contributed by atoms with van der Waals surface area (Å²) in [6, 6.07) is 54.9. The van der Waals surface area contributed by atoms with E-state index in [1.54, 1.807) is 0 Å². The van der Waals surface area contributed by atoms with Crippen LogP contribution >= 0.6 is 0 Å². The van der Waals surface area contributed by atoms with Crippen LogP contribution in [0.1, 0.15) is 43.3 Å². The molecule has 47 heavy (non-hydrogen) atoms. The lowest BCUT2D eigenvalue weighted by molar-refractivity contribution is 0.741. The van der Waals surface area contributed by atoms with Crippen LogP contribution in [0.15, 0.2) is 164 Å². The second-order valence-electron chi connectivity index (χ2n) is 13.4. The Bertz CT molecular complexity index is 2180. The van der Waals surface area contributed by atoms with Gasteiger partial charge in [-0.05, 0) is 65.8 Å². The number of nitrogens with zero attached hydrogens (tertiary/aromatic N) is 2. The molecule has 0 amide bonds. The molecule has 0 aliphatic carbocycles. The molecule has 0 atom stereocenters. The lowest BCUT2D eigenvalue weighted by atomic mass is 9.90. The Morgan fingerprint density at radius 2 is 0.787 bits per heavy atom. The number of benzene rings is 5. The summed E-state index contributed by atoms with van der Waals surface area (Å²) in [6.45, 7) is 7.31. The first-order valence-corrected chi connectivity index (χ1v) is 18.3. The molecule has 0 saturated heterocycles. The minimum absolute atomic E-state index is 0.170. The van der Waals surface area contributed by atoms with Gasteiger partial charge >= 0.3 is 0 Å². The molecule has 0 N–H and O–H groups in total. The fourth-order valence-electron chi connectivity index (χ4n) is 7.78. The predicted octanol–water partition coefficient (Wildman–Crippen LogP) is 10.6. The monoisotopic (exact) mass is 620 g/mol. The molecule has 7 aromatic rings. The van der Waals surface area contributed by atoms with E-state index in [-0.39, 0.29) is 5.04 Å². The maximum absolute atomic E-state index is 5.33. The summed E-state index contributed by atoms with van der Waals surface area (Å²) in [5.41, 5.74) is 6.99. The molecule has 1 aliphatic rings. The van der Waals surface area contributed by atoms with Crippen LogP contribution in [0.2, 0.25) is 5.04 Å². The third-order valence-electron chi connectivity index (χ3n) is 9.73. The van der Waals surface area contributed by atoms with Gasteiger partial charge in [-0.15, -0.1) is 0 Å². The van der Waals surface area contributed by atoms with Crippen molar-refractivity contribution in [3.8, 4) is 0 Å². The van der Waals surface area contributed by atoms with Gasteiger partial charge in [0.05, 0.1) is 11.4 Å². The molecule has 1 aliphatic heterocycles. The Labute approximate surface area is 277 Å². The summed E-state index contributed by atoms with van der Waals surface area (Å²) in [4.78, 5) is 10.7. The highest BCUT2D eigenvalue weighted by Gasteiger charge is 2.59. The summed E-state index contributed by atoms with van der Waals surface area (Å²) in [5.74, 6) is 0. The molecule has 2 nitrogen and oxygen atoms in total. The van der Waals surface area contributed by atoms with Crippen molar-refractivity contribution >= 4 is 56.3 Å². The van der Waals surface area contributed by atoms with Crippen LogP contribution in [0.4, 0.5) is 0 Å². The summed E-state index contributed by atoms with van der Waals surface area (Å²) in [5, 5.41) is 8.56. The van der Waals surface area contributed by atoms with Gasteiger partial charge in [0.1, 0.15) is 0 Å². The van der Waals surface area contributed by atoms with Crippen LogP contribution in [-0.4, -0.2) is 18.0 Å². The zero-order valence-electron chi connectivity index (χ0n) is 27.0. The lowest BCUT2D eigenvalue weighted by Gasteiger charge is -2.45. The predicted molar refractivity (Wildman–Crippen MR) is 202 cm³/mol. The van der Waals surface area contributed by atoms with Gasteiger partial charge in [0.2, 0.25) is 0 Å². The Balaban J connectivity index is 1.62. The maximum Gasteiger partial charge on any atom is 0.160 e. The van der Waals surface area contributed by atoms with E-state index in [1.807, 2.05) is 0 Å². The highest BCUT2D eigenvalue weighted by Crippen LogP contribution is 2.62. The van der Waals surface area contributed by atoms with E-state index in [9.17, 15) is 0 Å². The van der Waals surface area contributed by atoms with Crippen LogP contribution in [-0.2, 0) is 0 Å². The molecule has 226 valence electrons. The van der Waals surface area contributed by atoms with Crippen molar-refractivity contribution in [2.24, 2.45) is 0 Å². The van der Waals surface area contributed by atoms with Crippen LogP contribution in [0.25, 0.3) is 43.1 Å². The van der Waals surface area contributed by atoms with Crippen LogP contribution in [0, 0.1) is 0 Å². The molecule has 0 fully saturated rings. The Kier molecular flexibility index (Phi) is 7.08. The molecule has 0 saturated carbocycles. The number of hydrogen-bond acceptors (Lipinski definition) is 2. The largest absolute Gasteiger partial charge is 0.256 e. The normalized spacial score (nSPS) is 14.7. The van der Waals surface area contributed by atoms with Gasteiger partial charge in [-0.1, -0.05) is 160 Å². The minimum Gasteiger partial charge on any atom is -0.256 e. The van der Waals surface area contributed by atoms with Gasteiger partial charge in [-0.25, -0.2) is 0 Å². The summed E-state index contributed by atoms with van der Waals surface area (Å²) in [7, 11) is -2.98. The van der Waals surface area contributed by atoms with E-state index >= 15 is 0 Å². The molecule has 5 aromatic carbocycles. The second-order valence-corrected chi connectivity index (χ2v) is 18.0. The van der Waals surface area contributed by atoms with Crippen LogP contribution in [0.3, 0.4) is 0 Å². The molecule has 3 heteroatoms. The zero-order chi connectivity index (χ0) is 32.0. The summed E-state index contributed by atoms with van der Waals surface area (Å²) < 4.78 is 0. The molecule has 0 bridgehead atoms. The fraction of sp³-hybridized carbons (Fsp3) is 0.0909. The maximum atomic E-state index is 5.33. The second kappa shape index (κ2) is 11.4. The van der Waals surface area contributed by atoms with E-state index in [4.69, 9.17) is 9.97 Å². The number of aromatic nitrogens is 2. The lowest BCUT2D eigenvalue weighted by Crippen LogP contribution is -2.56. The topological polar surface area (TPSA) is 25.8 Å². The van der Waals surface area contributed by atoms with Gasteiger partial charge in [0.15, 0.2) is 8.07 Å². The van der Waals surface area contributed by atoms with Gasteiger partial charge in [0.25, 0.3) is 0 Å². The fourth-order valence-corrected chi connectivity index (χ4v) is 14.0. The van der Waals surface area contributed by atoms with Crippen molar-refractivity contribution in [1.29, 1.82) is 0 Å². The quantitative estimate of drug-likeness (QED) is 0.179. The molecule has 3 heterocycles. The molecule has 0 radical (unpaired) electrons.